The molecule has 2 fully saturated rings. The molecule has 19 heavy (non-hydrogen) atoms. The molecule has 2 nitrogen and oxygen atoms in total. The Kier molecular flexibility index (Phi) is 4.04. The monoisotopic (exact) mass is 298 g/mol. The van der Waals surface area contributed by atoms with E-state index in [2.05, 4.69) is 29.4 Å². The van der Waals surface area contributed by atoms with E-state index in [4.69, 9.17) is 23.2 Å². The first kappa shape index (κ1) is 13.7. The summed E-state index contributed by atoms with van der Waals surface area (Å²) in [6.45, 7) is 2.25. The van der Waals surface area contributed by atoms with Crippen LogP contribution in [0.3, 0.4) is 0 Å². The highest BCUT2D eigenvalue weighted by Crippen LogP contribution is 2.38. The van der Waals surface area contributed by atoms with Gasteiger partial charge in [-0.1, -0.05) is 23.2 Å². The molecule has 0 radical (unpaired) electrons. The Morgan fingerprint density at radius 1 is 1.16 bits per heavy atom. The summed E-state index contributed by atoms with van der Waals surface area (Å²) in [7, 11) is 2.19. The summed E-state index contributed by atoms with van der Waals surface area (Å²) in [5.74, 6) is 0.653. The van der Waals surface area contributed by atoms with Crippen LogP contribution in [0.25, 0.3) is 0 Å². The molecule has 0 bridgehead atoms. The van der Waals surface area contributed by atoms with Crippen LogP contribution >= 0.6 is 23.2 Å². The van der Waals surface area contributed by atoms with Gasteiger partial charge in [0.1, 0.15) is 0 Å². The van der Waals surface area contributed by atoms with E-state index in [1.165, 1.54) is 24.8 Å². The Balaban J connectivity index is 1.77. The summed E-state index contributed by atoms with van der Waals surface area (Å²) in [4.78, 5) is 2.42. The molecule has 1 aromatic carbocycles. The molecule has 1 saturated heterocycles. The van der Waals surface area contributed by atoms with Gasteiger partial charge in [-0.3, -0.25) is 4.90 Å². The SMILES string of the molecule is CN1CCC(CNC2CC2)C1c1cc(Cl)cc(Cl)c1. The van der Waals surface area contributed by atoms with E-state index in [9.17, 15) is 0 Å². The molecule has 1 aliphatic heterocycles. The van der Waals surface area contributed by atoms with Crippen LogP contribution in [0.2, 0.25) is 10.0 Å². The summed E-state index contributed by atoms with van der Waals surface area (Å²) in [5, 5.41) is 5.12. The van der Waals surface area contributed by atoms with Gasteiger partial charge in [0.25, 0.3) is 0 Å². The van der Waals surface area contributed by atoms with Crippen molar-refractivity contribution in [2.75, 3.05) is 20.1 Å². The molecule has 0 spiro atoms. The summed E-state index contributed by atoms with van der Waals surface area (Å²) < 4.78 is 0. The second kappa shape index (κ2) is 5.61. The first-order valence-corrected chi connectivity index (χ1v) is 7.78. The van der Waals surface area contributed by atoms with Gasteiger partial charge < -0.3 is 5.32 Å². The second-order valence-electron chi connectivity index (χ2n) is 5.86. The van der Waals surface area contributed by atoms with Gasteiger partial charge in [0, 0.05) is 28.7 Å². The Morgan fingerprint density at radius 2 is 1.84 bits per heavy atom. The summed E-state index contributed by atoms with van der Waals surface area (Å²) >= 11 is 12.3. The van der Waals surface area contributed by atoms with Crippen LogP contribution in [-0.2, 0) is 0 Å². The first-order chi connectivity index (χ1) is 9.13. The van der Waals surface area contributed by atoms with Gasteiger partial charge in [-0.25, -0.2) is 0 Å². The summed E-state index contributed by atoms with van der Waals surface area (Å²) in [5.41, 5.74) is 1.25. The van der Waals surface area contributed by atoms with E-state index in [0.29, 0.717) is 12.0 Å². The number of likely N-dealkylation sites (tertiary alicyclic amines) is 1. The minimum Gasteiger partial charge on any atom is -0.314 e. The zero-order valence-electron chi connectivity index (χ0n) is 11.2. The molecule has 1 saturated carbocycles. The first-order valence-electron chi connectivity index (χ1n) is 7.03. The quantitative estimate of drug-likeness (QED) is 0.911. The molecular formula is C15H20Cl2N2. The van der Waals surface area contributed by atoms with Gasteiger partial charge in [-0.05, 0) is 62.5 Å². The molecule has 1 aromatic rings. The van der Waals surface area contributed by atoms with Crippen molar-refractivity contribution in [3.05, 3.63) is 33.8 Å². The number of rotatable bonds is 4. The Morgan fingerprint density at radius 3 is 2.47 bits per heavy atom. The van der Waals surface area contributed by atoms with Crippen LogP contribution in [0.4, 0.5) is 0 Å². The normalized spacial score (nSPS) is 27.9. The van der Waals surface area contributed by atoms with Crippen LogP contribution in [0.1, 0.15) is 30.9 Å². The molecule has 104 valence electrons. The lowest BCUT2D eigenvalue weighted by Crippen LogP contribution is -2.29. The number of hydrogen-bond acceptors (Lipinski definition) is 2. The van der Waals surface area contributed by atoms with E-state index in [1.807, 2.05) is 0 Å². The average molecular weight is 299 g/mol. The third-order valence-corrected chi connectivity index (χ3v) is 4.68. The molecule has 0 aromatic heterocycles. The predicted molar refractivity (Wildman–Crippen MR) is 81.0 cm³/mol. The van der Waals surface area contributed by atoms with Gasteiger partial charge >= 0.3 is 0 Å². The van der Waals surface area contributed by atoms with Crippen molar-refractivity contribution in [3.8, 4) is 0 Å². The van der Waals surface area contributed by atoms with Gasteiger partial charge in [0.2, 0.25) is 0 Å². The average Bonchev–Trinajstić information content (AvgIpc) is 3.09. The van der Waals surface area contributed by atoms with Gasteiger partial charge in [-0.2, -0.15) is 0 Å². The van der Waals surface area contributed by atoms with Crippen molar-refractivity contribution in [2.45, 2.75) is 31.3 Å². The van der Waals surface area contributed by atoms with Crippen LogP contribution in [0, 0.1) is 5.92 Å². The molecule has 2 atom stereocenters. The van der Waals surface area contributed by atoms with Crippen molar-refractivity contribution in [1.29, 1.82) is 0 Å². The molecule has 3 rings (SSSR count). The van der Waals surface area contributed by atoms with Crippen LogP contribution < -0.4 is 5.32 Å². The number of nitrogens with one attached hydrogen (secondary N) is 1. The second-order valence-corrected chi connectivity index (χ2v) is 6.73. The van der Waals surface area contributed by atoms with Gasteiger partial charge in [0.15, 0.2) is 0 Å². The number of benzene rings is 1. The zero-order chi connectivity index (χ0) is 13.4. The van der Waals surface area contributed by atoms with Crippen molar-refractivity contribution < 1.29 is 0 Å². The van der Waals surface area contributed by atoms with Crippen molar-refractivity contribution in [3.63, 3.8) is 0 Å². The topological polar surface area (TPSA) is 15.3 Å². The predicted octanol–water partition coefficient (Wildman–Crippen LogP) is 3.74. The molecule has 1 heterocycles. The van der Waals surface area contributed by atoms with E-state index in [1.54, 1.807) is 6.07 Å². The highest BCUT2D eigenvalue weighted by molar-refractivity contribution is 6.34. The molecule has 1 aliphatic carbocycles. The standard InChI is InChI=1S/C15H20Cl2N2/c1-19-5-4-10(9-18-14-2-3-14)15(19)11-6-12(16)8-13(17)7-11/h6-8,10,14-15,18H,2-5,9H2,1H3. The third-order valence-electron chi connectivity index (χ3n) is 4.25. The van der Waals surface area contributed by atoms with Crippen molar-refractivity contribution >= 4 is 23.2 Å². The number of halogens is 2. The lowest BCUT2D eigenvalue weighted by molar-refractivity contribution is 0.272. The van der Waals surface area contributed by atoms with Crippen LogP contribution in [-0.4, -0.2) is 31.1 Å². The molecule has 2 unspecified atom stereocenters. The Bertz CT molecular complexity index is 439. The molecule has 1 N–H and O–H groups in total. The fourth-order valence-electron chi connectivity index (χ4n) is 3.12. The maximum Gasteiger partial charge on any atom is 0.0424 e. The van der Waals surface area contributed by atoms with Crippen molar-refractivity contribution in [1.82, 2.24) is 10.2 Å². The minimum absolute atomic E-state index is 0.433. The number of hydrogen-bond donors (Lipinski definition) is 1. The van der Waals surface area contributed by atoms with E-state index >= 15 is 0 Å². The third kappa shape index (κ3) is 3.25. The van der Waals surface area contributed by atoms with Crippen molar-refractivity contribution in [2.24, 2.45) is 5.92 Å². The summed E-state index contributed by atoms with van der Waals surface area (Å²) in [6.07, 6.45) is 3.93. The highest BCUT2D eigenvalue weighted by atomic mass is 35.5. The lowest BCUT2D eigenvalue weighted by Gasteiger charge is -2.26. The molecular weight excluding hydrogens is 279 g/mol. The summed E-state index contributed by atoms with van der Waals surface area (Å²) in [6, 6.07) is 7.13. The Hall–Kier alpha value is -0.280. The Labute approximate surface area is 125 Å². The van der Waals surface area contributed by atoms with Crippen LogP contribution in [0.15, 0.2) is 18.2 Å². The van der Waals surface area contributed by atoms with E-state index < -0.39 is 0 Å². The lowest BCUT2D eigenvalue weighted by atomic mass is 9.93. The maximum atomic E-state index is 6.14. The van der Waals surface area contributed by atoms with Gasteiger partial charge in [-0.15, -0.1) is 0 Å². The van der Waals surface area contributed by atoms with E-state index in [-0.39, 0.29) is 0 Å². The van der Waals surface area contributed by atoms with E-state index in [0.717, 1.165) is 29.2 Å². The van der Waals surface area contributed by atoms with Gasteiger partial charge in [0.05, 0.1) is 0 Å². The number of nitrogens with zero attached hydrogens (tertiary/aromatic N) is 1. The fourth-order valence-corrected chi connectivity index (χ4v) is 3.66. The molecule has 4 heteroatoms. The zero-order valence-corrected chi connectivity index (χ0v) is 12.7. The highest BCUT2D eigenvalue weighted by Gasteiger charge is 2.34. The van der Waals surface area contributed by atoms with Crippen LogP contribution in [0.5, 0.6) is 0 Å². The fraction of sp³-hybridized carbons (Fsp3) is 0.600. The molecule has 0 amide bonds. The largest absolute Gasteiger partial charge is 0.314 e. The smallest absolute Gasteiger partial charge is 0.0424 e. The maximum absolute atomic E-state index is 6.14. The molecule has 2 aliphatic rings. The minimum atomic E-state index is 0.433.